The van der Waals surface area contributed by atoms with E-state index in [9.17, 15) is 9.59 Å². The molecule has 2 aliphatic rings. The molecule has 0 bridgehead atoms. The molecule has 0 N–H and O–H groups in total. The maximum Gasteiger partial charge on any atom is 0.242 e. The first-order chi connectivity index (χ1) is 14.6. The summed E-state index contributed by atoms with van der Waals surface area (Å²) in [7, 11) is 0. The summed E-state index contributed by atoms with van der Waals surface area (Å²) in [4.78, 5) is 29.7. The number of thioether (sulfide) groups is 1. The van der Waals surface area contributed by atoms with Crippen LogP contribution in [0.5, 0.6) is 5.75 Å². The first kappa shape index (κ1) is 20.3. The van der Waals surface area contributed by atoms with Gasteiger partial charge in [0, 0.05) is 17.0 Å². The minimum Gasteiger partial charge on any atom is -0.491 e. The molecule has 0 aliphatic carbocycles. The van der Waals surface area contributed by atoms with E-state index in [1.807, 2.05) is 42.5 Å². The molecular weight excluding hydrogens is 400 g/mol. The quantitative estimate of drug-likeness (QED) is 0.693. The van der Waals surface area contributed by atoms with E-state index < -0.39 is 0 Å². The molecule has 1 atom stereocenters. The van der Waals surface area contributed by atoms with E-state index in [1.54, 1.807) is 15.9 Å². The molecular formula is C23H22N2O4S. The fourth-order valence-corrected chi connectivity index (χ4v) is 4.41. The number of hydrogen-bond donors (Lipinski definition) is 0. The predicted molar refractivity (Wildman–Crippen MR) is 116 cm³/mol. The van der Waals surface area contributed by atoms with Gasteiger partial charge in [-0.15, -0.1) is 18.2 Å². The van der Waals surface area contributed by atoms with Crippen LogP contribution in [0, 0.1) is 12.3 Å². The van der Waals surface area contributed by atoms with Crippen molar-refractivity contribution in [2.24, 2.45) is 0 Å². The van der Waals surface area contributed by atoms with Crippen molar-refractivity contribution in [3.63, 3.8) is 0 Å². The van der Waals surface area contributed by atoms with Crippen LogP contribution in [-0.2, 0) is 14.3 Å². The van der Waals surface area contributed by atoms with Crippen LogP contribution in [-0.4, -0.2) is 61.4 Å². The van der Waals surface area contributed by atoms with Crippen molar-refractivity contribution in [2.45, 2.75) is 11.0 Å². The summed E-state index contributed by atoms with van der Waals surface area (Å²) in [6, 6.07) is 15.0. The van der Waals surface area contributed by atoms with Crippen molar-refractivity contribution >= 4 is 29.3 Å². The van der Waals surface area contributed by atoms with Crippen molar-refractivity contribution < 1.29 is 19.1 Å². The largest absolute Gasteiger partial charge is 0.491 e. The van der Waals surface area contributed by atoms with Gasteiger partial charge in [-0.2, -0.15) is 0 Å². The molecule has 30 heavy (non-hydrogen) atoms. The topological polar surface area (TPSA) is 59.1 Å². The third kappa shape index (κ3) is 4.61. The van der Waals surface area contributed by atoms with Gasteiger partial charge in [0.1, 0.15) is 25.0 Å². The summed E-state index contributed by atoms with van der Waals surface area (Å²) >= 11 is 1.51. The molecule has 154 valence electrons. The van der Waals surface area contributed by atoms with Crippen LogP contribution in [0.15, 0.2) is 53.4 Å². The first-order valence-corrected chi connectivity index (χ1v) is 10.7. The van der Waals surface area contributed by atoms with Crippen molar-refractivity contribution in [3.05, 3.63) is 54.1 Å². The predicted octanol–water partition coefficient (Wildman–Crippen LogP) is 2.41. The number of carbonyl (C=O) groups is 2. The number of fused-ring (bicyclic) bond motifs is 1. The molecule has 2 aromatic carbocycles. The fourth-order valence-electron chi connectivity index (χ4n) is 3.47. The second-order valence-electron chi connectivity index (χ2n) is 7.05. The van der Waals surface area contributed by atoms with Gasteiger partial charge in [0.2, 0.25) is 11.8 Å². The van der Waals surface area contributed by atoms with Gasteiger partial charge < -0.3 is 19.3 Å². The highest BCUT2D eigenvalue weighted by Crippen LogP contribution is 2.34. The normalized spacial score (nSPS) is 18.5. The molecule has 7 heteroatoms. The number of benzene rings is 2. The van der Waals surface area contributed by atoms with E-state index in [-0.39, 0.29) is 24.5 Å². The number of para-hydroxylation sites is 1. The molecule has 2 aromatic rings. The maximum absolute atomic E-state index is 12.9. The van der Waals surface area contributed by atoms with Crippen molar-refractivity contribution in [1.29, 1.82) is 0 Å². The Bertz CT molecular complexity index is 987. The smallest absolute Gasteiger partial charge is 0.242 e. The van der Waals surface area contributed by atoms with E-state index in [4.69, 9.17) is 15.9 Å². The monoisotopic (exact) mass is 422 g/mol. The lowest BCUT2D eigenvalue weighted by molar-refractivity contribution is -0.139. The van der Waals surface area contributed by atoms with E-state index in [1.165, 1.54) is 11.8 Å². The zero-order chi connectivity index (χ0) is 20.9. The summed E-state index contributed by atoms with van der Waals surface area (Å²) in [6.07, 6.45) is 5.18. The summed E-state index contributed by atoms with van der Waals surface area (Å²) in [5, 5.41) is 0. The zero-order valence-corrected chi connectivity index (χ0v) is 17.3. The van der Waals surface area contributed by atoms with Crippen LogP contribution in [0.1, 0.15) is 5.56 Å². The SMILES string of the molecule is C#Cc1cccc(OCC2CN(C(=O)CN3C(=O)CSc4ccccc43)CCO2)c1. The molecule has 2 heterocycles. The number of rotatable bonds is 5. The Morgan fingerprint density at radius 1 is 1.27 bits per heavy atom. The van der Waals surface area contributed by atoms with Gasteiger partial charge in [-0.1, -0.05) is 24.1 Å². The summed E-state index contributed by atoms with van der Waals surface area (Å²) < 4.78 is 11.6. The number of hydrogen-bond acceptors (Lipinski definition) is 5. The number of amides is 2. The number of morpholine rings is 1. The van der Waals surface area contributed by atoms with Crippen LogP contribution in [0.3, 0.4) is 0 Å². The van der Waals surface area contributed by atoms with Crippen LogP contribution in [0.25, 0.3) is 0 Å². The van der Waals surface area contributed by atoms with Gasteiger partial charge in [0.15, 0.2) is 0 Å². The molecule has 0 radical (unpaired) electrons. The lowest BCUT2D eigenvalue weighted by Gasteiger charge is -2.35. The Morgan fingerprint density at radius 2 is 2.13 bits per heavy atom. The lowest BCUT2D eigenvalue weighted by atomic mass is 10.2. The van der Waals surface area contributed by atoms with Gasteiger partial charge >= 0.3 is 0 Å². The van der Waals surface area contributed by atoms with E-state index in [2.05, 4.69) is 5.92 Å². The van der Waals surface area contributed by atoms with Crippen LogP contribution >= 0.6 is 11.8 Å². The van der Waals surface area contributed by atoms with E-state index in [0.29, 0.717) is 37.8 Å². The molecule has 0 saturated carbocycles. The van der Waals surface area contributed by atoms with Crippen LogP contribution in [0.2, 0.25) is 0 Å². The minimum atomic E-state index is -0.239. The van der Waals surface area contributed by atoms with Crippen molar-refractivity contribution in [3.8, 4) is 18.1 Å². The molecule has 1 saturated heterocycles. The second-order valence-corrected chi connectivity index (χ2v) is 8.07. The van der Waals surface area contributed by atoms with Gasteiger partial charge in [-0.05, 0) is 30.3 Å². The van der Waals surface area contributed by atoms with Crippen molar-refractivity contribution in [2.75, 3.05) is 43.5 Å². The number of carbonyl (C=O) groups excluding carboxylic acids is 2. The Morgan fingerprint density at radius 3 is 3.00 bits per heavy atom. The van der Waals surface area contributed by atoms with Crippen LogP contribution < -0.4 is 9.64 Å². The Labute approximate surface area is 180 Å². The number of terminal acetylenes is 1. The number of anilines is 1. The second kappa shape index (κ2) is 9.24. The highest BCUT2D eigenvalue weighted by Gasteiger charge is 2.30. The van der Waals surface area contributed by atoms with E-state index >= 15 is 0 Å². The molecule has 1 fully saturated rings. The third-order valence-corrected chi connectivity index (χ3v) is 6.08. The molecule has 0 spiro atoms. The van der Waals surface area contributed by atoms with Gasteiger partial charge in [0.25, 0.3) is 0 Å². The summed E-state index contributed by atoms with van der Waals surface area (Å²) in [6.45, 7) is 1.71. The molecule has 0 aromatic heterocycles. The van der Waals surface area contributed by atoms with Gasteiger partial charge in [-0.25, -0.2) is 0 Å². The Hall–Kier alpha value is -2.95. The Kier molecular flexibility index (Phi) is 6.26. The lowest BCUT2D eigenvalue weighted by Crippen LogP contribution is -2.51. The summed E-state index contributed by atoms with van der Waals surface area (Å²) in [5.74, 6) is 3.46. The van der Waals surface area contributed by atoms with Crippen LogP contribution in [0.4, 0.5) is 5.69 Å². The first-order valence-electron chi connectivity index (χ1n) is 9.75. The fraction of sp³-hybridized carbons (Fsp3) is 0.304. The average molecular weight is 423 g/mol. The maximum atomic E-state index is 12.9. The molecule has 2 amide bonds. The molecule has 2 aliphatic heterocycles. The molecule has 4 rings (SSSR count). The average Bonchev–Trinajstić information content (AvgIpc) is 2.80. The van der Waals surface area contributed by atoms with E-state index in [0.717, 1.165) is 16.1 Å². The highest BCUT2D eigenvalue weighted by molar-refractivity contribution is 8.00. The zero-order valence-electron chi connectivity index (χ0n) is 16.5. The number of ether oxygens (including phenoxy) is 2. The van der Waals surface area contributed by atoms with Gasteiger partial charge in [0.05, 0.1) is 24.6 Å². The standard InChI is InChI=1S/C23H22N2O4S/c1-2-17-6-5-7-18(12-17)29-15-19-13-24(10-11-28-19)22(26)14-25-20-8-3-4-9-21(20)30-16-23(25)27/h1,3-9,12,19H,10-11,13-16H2. The molecule has 6 nitrogen and oxygen atoms in total. The summed E-state index contributed by atoms with van der Waals surface area (Å²) in [5.41, 5.74) is 1.55. The minimum absolute atomic E-state index is 0.0359. The Balaban J connectivity index is 1.36. The van der Waals surface area contributed by atoms with Gasteiger partial charge in [-0.3, -0.25) is 9.59 Å². The third-order valence-electron chi connectivity index (χ3n) is 5.03. The molecule has 1 unspecified atom stereocenters. The number of nitrogens with zero attached hydrogens (tertiary/aromatic N) is 2. The highest BCUT2D eigenvalue weighted by atomic mass is 32.2. The van der Waals surface area contributed by atoms with Crippen molar-refractivity contribution in [1.82, 2.24) is 4.90 Å².